The summed E-state index contributed by atoms with van der Waals surface area (Å²) in [4.78, 5) is 24.0. The lowest BCUT2D eigenvalue weighted by atomic mass is 10.1. The molecule has 8 heteroatoms. The molecule has 0 radical (unpaired) electrons. The molecule has 2 N–H and O–H groups in total. The molecule has 0 spiro atoms. The maximum Gasteiger partial charge on any atom is 0.279 e. The van der Waals surface area contributed by atoms with Crippen LogP contribution in [0.25, 0.3) is 0 Å². The summed E-state index contributed by atoms with van der Waals surface area (Å²) in [6, 6.07) is 6.97. The van der Waals surface area contributed by atoms with E-state index in [0.717, 1.165) is 17.0 Å². The smallest absolute Gasteiger partial charge is 0.279 e. The molecule has 1 aromatic heterocycles. The number of aryl methyl sites for hydroxylation is 2. The van der Waals surface area contributed by atoms with Crippen molar-refractivity contribution < 1.29 is 23.6 Å². The molecular formula is C19H25N3O5. The van der Waals surface area contributed by atoms with Gasteiger partial charge in [0.2, 0.25) is 5.91 Å². The summed E-state index contributed by atoms with van der Waals surface area (Å²) < 4.78 is 16.0. The molecule has 2 amide bonds. The third-order valence-electron chi connectivity index (χ3n) is 3.93. The molecule has 146 valence electrons. The summed E-state index contributed by atoms with van der Waals surface area (Å²) in [5.41, 5.74) is 6.42. The van der Waals surface area contributed by atoms with E-state index in [1.165, 1.54) is 0 Å². The van der Waals surface area contributed by atoms with Crippen LogP contribution in [-0.4, -0.2) is 29.7 Å². The second-order valence-corrected chi connectivity index (χ2v) is 6.00. The molecule has 0 aliphatic rings. The summed E-state index contributed by atoms with van der Waals surface area (Å²) in [6.45, 7) is 7.71. The molecule has 1 aromatic carbocycles. The minimum absolute atomic E-state index is 0.206. The van der Waals surface area contributed by atoms with Crippen LogP contribution in [0, 0.1) is 13.8 Å². The van der Waals surface area contributed by atoms with E-state index < -0.39 is 12.0 Å². The summed E-state index contributed by atoms with van der Waals surface area (Å²) >= 11 is 0. The van der Waals surface area contributed by atoms with E-state index in [9.17, 15) is 9.59 Å². The predicted molar refractivity (Wildman–Crippen MR) is 98.3 cm³/mol. The normalized spacial score (nSPS) is 11.6. The number of ether oxygens (including phenoxy) is 2. The first-order chi connectivity index (χ1) is 12.9. The largest absolute Gasteiger partial charge is 0.494 e. The highest BCUT2D eigenvalue weighted by atomic mass is 16.5. The number of amides is 2. The van der Waals surface area contributed by atoms with E-state index in [-0.39, 0.29) is 12.3 Å². The zero-order valence-corrected chi connectivity index (χ0v) is 16.0. The van der Waals surface area contributed by atoms with Crippen LogP contribution in [0.1, 0.15) is 37.3 Å². The fraction of sp³-hybridized carbons (Fsp3) is 0.421. The Labute approximate surface area is 158 Å². The third kappa shape index (κ3) is 6.02. The lowest BCUT2D eigenvalue weighted by molar-refractivity contribution is -0.132. The van der Waals surface area contributed by atoms with Crippen LogP contribution in [0.5, 0.6) is 11.5 Å². The first-order valence-corrected chi connectivity index (χ1v) is 8.80. The highest BCUT2D eigenvalue weighted by molar-refractivity contribution is 5.84. The average Bonchev–Trinajstić information content (AvgIpc) is 2.97. The molecule has 1 heterocycles. The van der Waals surface area contributed by atoms with Crippen LogP contribution in [0.3, 0.4) is 0 Å². The highest BCUT2D eigenvalue weighted by Crippen LogP contribution is 2.18. The summed E-state index contributed by atoms with van der Waals surface area (Å²) in [7, 11) is 0. The quantitative estimate of drug-likeness (QED) is 0.686. The number of hydrogen-bond acceptors (Lipinski definition) is 6. The molecule has 0 fully saturated rings. The topological polar surface area (TPSA) is 103 Å². The van der Waals surface area contributed by atoms with Gasteiger partial charge in [-0.15, -0.1) is 0 Å². The minimum Gasteiger partial charge on any atom is -0.494 e. The molecular weight excluding hydrogens is 350 g/mol. The van der Waals surface area contributed by atoms with Crippen LogP contribution in [0.4, 0.5) is 0 Å². The van der Waals surface area contributed by atoms with Crippen molar-refractivity contribution in [3.8, 4) is 11.5 Å². The fourth-order valence-corrected chi connectivity index (χ4v) is 2.43. The van der Waals surface area contributed by atoms with E-state index in [1.807, 2.05) is 13.8 Å². The molecule has 0 aliphatic heterocycles. The van der Waals surface area contributed by atoms with Gasteiger partial charge < -0.3 is 14.0 Å². The lowest BCUT2D eigenvalue weighted by Gasteiger charge is -2.15. The van der Waals surface area contributed by atoms with Crippen molar-refractivity contribution in [2.75, 3.05) is 6.61 Å². The number of nitrogens with one attached hydrogen (secondary N) is 2. The maximum atomic E-state index is 12.1. The Hall–Kier alpha value is -3.03. The first-order valence-electron chi connectivity index (χ1n) is 8.80. The van der Waals surface area contributed by atoms with Gasteiger partial charge in [0.05, 0.1) is 12.3 Å². The zero-order valence-electron chi connectivity index (χ0n) is 16.0. The molecule has 0 aliphatic carbocycles. The number of carbonyl (C=O) groups is 2. The van der Waals surface area contributed by atoms with Crippen molar-refractivity contribution in [2.45, 2.75) is 46.6 Å². The van der Waals surface area contributed by atoms with Crippen molar-refractivity contribution in [1.82, 2.24) is 16.0 Å². The van der Waals surface area contributed by atoms with Gasteiger partial charge in [-0.05, 0) is 58.4 Å². The number of aromatic nitrogens is 1. The van der Waals surface area contributed by atoms with Crippen LogP contribution in [0.2, 0.25) is 0 Å². The predicted octanol–water partition coefficient (Wildman–Crippen LogP) is 2.24. The monoisotopic (exact) mass is 375 g/mol. The fourth-order valence-electron chi connectivity index (χ4n) is 2.43. The van der Waals surface area contributed by atoms with Gasteiger partial charge in [0, 0.05) is 12.0 Å². The molecule has 27 heavy (non-hydrogen) atoms. The van der Waals surface area contributed by atoms with Gasteiger partial charge >= 0.3 is 0 Å². The lowest BCUT2D eigenvalue weighted by Crippen LogP contribution is -2.47. The minimum atomic E-state index is -0.772. The molecule has 0 saturated carbocycles. The number of nitrogens with zero attached hydrogens (tertiary/aromatic N) is 1. The van der Waals surface area contributed by atoms with E-state index in [4.69, 9.17) is 14.0 Å². The summed E-state index contributed by atoms with van der Waals surface area (Å²) in [5.74, 6) is 1.20. The second kappa shape index (κ2) is 9.61. The number of hydrazine groups is 1. The highest BCUT2D eigenvalue weighted by Gasteiger charge is 2.16. The van der Waals surface area contributed by atoms with E-state index in [0.29, 0.717) is 24.5 Å². The summed E-state index contributed by atoms with van der Waals surface area (Å²) in [5, 5.41) is 3.85. The van der Waals surface area contributed by atoms with Crippen molar-refractivity contribution in [3.63, 3.8) is 0 Å². The first kappa shape index (κ1) is 20.3. The molecule has 2 aromatic rings. The van der Waals surface area contributed by atoms with Crippen LogP contribution in [-0.2, 0) is 16.0 Å². The molecule has 0 unspecified atom stereocenters. The zero-order chi connectivity index (χ0) is 19.8. The Kier molecular flexibility index (Phi) is 7.22. The number of hydrogen-bond donors (Lipinski definition) is 2. The Morgan fingerprint density at radius 3 is 2.41 bits per heavy atom. The van der Waals surface area contributed by atoms with Crippen molar-refractivity contribution in [3.05, 3.63) is 41.3 Å². The van der Waals surface area contributed by atoms with Crippen LogP contribution in [0.15, 0.2) is 28.8 Å². The third-order valence-corrected chi connectivity index (χ3v) is 3.93. The van der Waals surface area contributed by atoms with Gasteiger partial charge in [-0.3, -0.25) is 20.4 Å². The average molecular weight is 375 g/mol. The Morgan fingerprint density at radius 2 is 1.81 bits per heavy atom. The Balaban J connectivity index is 1.74. The van der Waals surface area contributed by atoms with Gasteiger partial charge in [0.15, 0.2) is 6.10 Å². The van der Waals surface area contributed by atoms with Crippen molar-refractivity contribution in [2.24, 2.45) is 0 Å². The Morgan fingerprint density at radius 1 is 1.15 bits per heavy atom. The van der Waals surface area contributed by atoms with Crippen molar-refractivity contribution >= 4 is 11.8 Å². The number of carbonyl (C=O) groups excluding carboxylic acids is 2. The van der Waals surface area contributed by atoms with E-state index in [1.54, 1.807) is 38.1 Å². The van der Waals surface area contributed by atoms with E-state index in [2.05, 4.69) is 16.0 Å². The molecule has 8 nitrogen and oxygen atoms in total. The van der Waals surface area contributed by atoms with E-state index >= 15 is 0 Å². The molecule has 0 saturated heterocycles. The molecule has 2 rings (SSSR count). The van der Waals surface area contributed by atoms with Gasteiger partial charge in [0.25, 0.3) is 5.91 Å². The maximum absolute atomic E-state index is 12.1. The van der Waals surface area contributed by atoms with Gasteiger partial charge in [-0.1, -0.05) is 5.16 Å². The summed E-state index contributed by atoms with van der Waals surface area (Å²) in [6.07, 6.45) is -0.0795. The van der Waals surface area contributed by atoms with Crippen molar-refractivity contribution in [1.29, 1.82) is 0 Å². The van der Waals surface area contributed by atoms with Gasteiger partial charge in [0.1, 0.15) is 17.3 Å². The number of rotatable bonds is 8. The van der Waals surface area contributed by atoms with Gasteiger partial charge in [-0.2, -0.15) is 0 Å². The molecule has 1 atom stereocenters. The number of benzene rings is 1. The SMILES string of the molecule is CCOc1ccc(O[C@H](C)C(=O)NNC(=O)CCc2c(C)noc2C)cc1. The molecule has 0 bridgehead atoms. The Bertz CT molecular complexity index is 751. The van der Waals surface area contributed by atoms with Crippen LogP contribution < -0.4 is 20.3 Å². The van der Waals surface area contributed by atoms with Crippen LogP contribution >= 0.6 is 0 Å². The standard InChI is InChI=1S/C19H25N3O5/c1-5-25-15-6-8-16(9-7-15)26-14(4)19(24)21-20-18(23)11-10-17-12(2)22-27-13(17)3/h6-9,14H,5,10-11H2,1-4H3,(H,20,23)(H,21,24)/t14-/m1/s1. The second-order valence-electron chi connectivity index (χ2n) is 6.00. The van der Waals surface area contributed by atoms with Gasteiger partial charge in [-0.25, -0.2) is 0 Å².